The zero-order chi connectivity index (χ0) is 15.4. The van der Waals surface area contributed by atoms with Crippen molar-refractivity contribution in [2.24, 2.45) is 0 Å². The Morgan fingerprint density at radius 3 is 2.33 bits per heavy atom. The molecule has 0 fully saturated rings. The SMILES string of the molecule is O=C(Nc1ccc(F)cc1)Nc1cc(Br)ccc1C(=O)O. The average Bonchev–Trinajstić information content (AvgIpc) is 2.41. The van der Waals surface area contributed by atoms with Crippen molar-refractivity contribution in [2.75, 3.05) is 10.6 Å². The highest BCUT2D eigenvalue weighted by atomic mass is 79.9. The molecule has 7 heteroatoms. The highest BCUT2D eigenvalue weighted by molar-refractivity contribution is 9.10. The summed E-state index contributed by atoms with van der Waals surface area (Å²) in [6.07, 6.45) is 0. The van der Waals surface area contributed by atoms with Gasteiger partial charge in [0.25, 0.3) is 0 Å². The molecule has 0 aromatic heterocycles. The van der Waals surface area contributed by atoms with Gasteiger partial charge in [-0.05, 0) is 42.5 Å². The van der Waals surface area contributed by atoms with E-state index in [-0.39, 0.29) is 11.3 Å². The fraction of sp³-hybridized carbons (Fsp3) is 0. The first-order valence-electron chi connectivity index (χ1n) is 5.82. The molecule has 2 aromatic rings. The quantitative estimate of drug-likeness (QED) is 0.782. The molecule has 0 spiro atoms. The van der Waals surface area contributed by atoms with Crippen molar-refractivity contribution in [3.05, 3.63) is 58.3 Å². The number of rotatable bonds is 3. The molecule has 0 aliphatic carbocycles. The Balaban J connectivity index is 2.14. The summed E-state index contributed by atoms with van der Waals surface area (Å²) in [5.41, 5.74) is 0.504. The van der Waals surface area contributed by atoms with Crippen LogP contribution in [0.15, 0.2) is 46.9 Å². The van der Waals surface area contributed by atoms with Crippen LogP contribution in [0.2, 0.25) is 0 Å². The van der Waals surface area contributed by atoms with Crippen LogP contribution in [0, 0.1) is 5.82 Å². The van der Waals surface area contributed by atoms with Gasteiger partial charge in [-0.15, -0.1) is 0 Å². The van der Waals surface area contributed by atoms with Crippen LogP contribution in [0.3, 0.4) is 0 Å². The van der Waals surface area contributed by atoms with E-state index >= 15 is 0 Å². The maximum Gasteiger partial charge on any atom is 0.337 e. The van der Waals surface area contributed by atoms with E-state index in [1.807, 2.05) is 0 Å². The van der Waals surface area contributed by atoms with E-state index in [1.54, 1.807) is 6.07 Å². The summed E-state index contributed by atoms with van der Waals surface area (Å²) in [7, 11) is 0. The molecule has 0 bridgehead atoms. The summed E-state index contributed by atoms with van der Waals surface area (Å²) < 4.78 is 13.4. The van der Waals surface area contributed by atoms with Gasteiger partial charge in [0.15, 0.2) is 0 Å². The maximum atomic E-state index is 12.8. The smallest absolute Gasteiger partial charge is 0.337 e. The van der Waals surface area contributed by atoms with Crippen molar-refractivity contribution in [2.45, 2.75) is 0 Å². The third-order valence-corrected chi connectivity index (χ3v) is 3.06. The van der Waals surface area contributed by atoms with Crippen molar-refractivity contribution >= 4 is 39.3 Å². The number of hydrogen-bond donors (Lipinski definition) is 3. The van der Waals surface area contributed by atoms with Gasteiger partial charge in [0, 0.05) is 10.2 Å². The topological polar surface area (TPSA) is 78.4 Å². The van der Waals surface area contributed by atoms with Crippen molar-refractivity contribution in [3.8, 4) is 0 Å². The number of urea groups is 1. The van der Waals surface area contributed by atoms with Crippen molar-refractivity contribution < 1.29 is 19.1 Å². The third kappa shape index (κ3) is 4.03. The number of carboxylic acid groups (broad SMARTS) is 1. The van der Waals surface area contributed by atoms with E-state index < -0.39 is 17.8 Å². The third-order valence-electron chi connectivity index (χ3n) is 2.56. The molecule has 0 aliphatic heterocycles. The van der Waals surface area contributed by atoms with Gasteiger partial charge in [-0.1, -0.05) is 15.9 Å². The lowest BCUT2D eigenvalue weighted by molar-refractivity contribution is 0.0698. The number of carbonyl (C=O) groups excluding carboxylic acids is 1. The highest BCUT2D eigenvalue weighted by Crippen LogP contribution is 2.22. The monoisotopic (exact) mass is 352 g/mol. The van der Waals surface area contributed by atoms with Crippen LogP contribution < -0.4 is 10.6 Å². The summed E-state index contributed by atoms with van der Waals surface area (Å²) in [5.74, 6) is -1.57. The normalized spacial score (nSPS) is 10.0. The molecule has 108 valence electrons. The number of benzene rings is 2. The molecule has 0 heterocycles. The van der Waals surface area contributed by atoms with Gasteiger partial charge in [0.1, 0.15) is 5.82 Å². The second-order valence-corrected chi connectivity index (χ2v) is 5.00. The first-order valence-corrected chi connectivity index (χ1v) is 6.61. The van der Waals surface area contributed by atoms with Gasteiger partial charge >= 0.3 is 12.0 Å². The summed E-state index contributed by atoms with van der Waals surface area (Å²) in [4.78, 5) is 22.9. The number of carbonyl (C=O) groups is 2. The number of anilines is 2. The number of nitrogens with one attached hydrogen (secondary N) is 2. The summed E-state index contributed by atoms with van der Waals surface area (Å²) in [5, 5.41) is 14.0. The Kier molecular flexibility index (Phi) is 4.54. The van der Waals surface area contributed by atoms with Crippen LogP contribution in [0.5, 0.6) is 0 Å². The first-order chi connectivity index (χ1) is 9.95. The minimum absolute atomic E-state index is 0.0348. The Hall–Kier alpha value is -2.41. The maximum absolute atomic E-state index is 12.8. The molecule has 21 heavy (non-hydrogen) atoms. The van der Waals surface area contributed by atoms with Gasteiger partial charge in [-0.25, -0.2) is 14.0 Å². The van der Waals surface area contributed by atoms with E-state index in [9.17, 15) is 14.0 Å². The van der Waals surface area contributed by atoms with Crippen LogP contribution in [-0.4, -0.2) is 17.1 Å². The number of halogens is 2. The molecular formula is C14H10BrFN2O3. The fourth-order valence-electron chi connectivity index (χ4n) is 1.62. The zero-order valence-electron chi connectivity index (χ0n) is 10.6. The molecular weight excluding hydrogens is 343 g/mol. The second kappa shape index (κ2) is 6.36. The van der Waals surface area contributed by atoms with Crippen molar-refractivity contribution in [1.82, 2.24) is 0 Å². The van der Waals surface area contributed by atoms with E-state index in [0.29, 0.717) is 10.2 Å². The Morgan fingerprint density at radius 2 is 1.71 bits per heavy atom. The van der Waals surface area contributed by atoms with Crippen LogP contribution in [0.4, 0.5) is 20.6 Å². The molecule has 5 nitrogen and oxygen atoms in total. The number of carboxylic acids is 1. The minimum atomic E-state index is -1.15. The Labute approximate surface area is 127 Å². The van der Waals surface area contributed by atoms with Crippen LogP contribution in [0.25, 0.3) is 0 Å². The van der Waals surface area contributed by atoms with Gasteiger partial charge in [0.05, 0.1) is 11.3 Å². The van der Waals surface area contributed by atoms with Gasteiger partial charge in [0.2, 0.25) is 0 Å². The molecule has 0 radical (unpaired) electrons. The molecule has 2 amide bonds. The van der Waals surface area contributed by atoms with E-state index in [2.05, 4.69) is 26.6 Å². The summed E-state index contributed by atoms with van der Waals surface area (Å²) in [6, 6.07) is 9.00. The molecule has 0 aliphatic rings. The molecule has 2 aromatic carbocycles. The molecule has 0 atom stereocenters. The Bertz CT molecular complexity index is 689. The molecule has 3 N–H and O–H groups in total. The molecule has 0 saturated carbocycles. The first kappa shape index (κ1) is 15.0. The van der Waals surface area contributed by atoms with Gasteiger partial charge < -0.3 is 15.7 Å². The van der Waals surface area contributed by atoms with E-state index in [0.717, 1.165) is 0 Å². The Morgan fingerprint density at radius 1 is 1.05 bits per heavy atom. The van der Waals surface area contributed by atoms with Crippen molar-refractivity contribution in [3.63, 3.8) is 0 Å². The van der Waals surface area contributed by atoms with Crippen molar-refractivity contribution in [1.29, 1.82) is 0 Å². The number of aromatic carboxylic acids is 1. The predicted octanol–water partition coefficient (Wildman–Crippen LogP) is 3.93. The predicted molar refractivity (Wildman–Crippen MR) is 80.1 cm³/mol. The number of amides is 2. The summed E-state index contributed by atoms with van der Waals surface area (Å²) in [6.45, 7) is 0. The lowest BCUT2D eigenvalue weighted by Gasteiger charge is -2.10. The van der Waals surface area contributed by atoms with Crippen LogP contribution in [0.1, 0.15) is 10.4 Å². The molecule has 2 rings (SSSR count). The number of hydrogen-bond acceptors (Lipinski definition) is 2. The second-order valence-electron chi connectivity index (χ2n) is 4.08. The van der Waals surface area contributed by atoms with E-state index in [1.165, 1.54) is 36.4 Å². The van der Waals surface area contributed by atoms with Crippen LogP contribution >= 0.6 is 15.9 Å². The summed E-state index contributed by atoms with van der Waals surface area (Å²) >= 11 is 3.20. The zero-order valence-corrected chi connectivity index (χ0v) is 12.1. The lowest BCUT2D eigenvalue weighted by atomic mass is 10.2. The lowest BCUT2D eigenvalue weighted by Crippen LogP contribution is -2.21. The van der Waals surface area contributed by atoms with Crippen LogP contribution in [-0.2, 0) is 0 Å². The standard InChI is InChI=1S/C14H10BrFN2O3/c15-8-1-6-11(13(19)20)12(7-8)18-14(21)17-10-4-2-9(16)3-5-10/h1-7H,(H,19,20)(H2,17,18,21). The van der Waals surface area contributed by atoms with Gasteiger partial charge in [-0.2, -0.15) is 0 Å². The minimum Gasteiger partial charge on any atom is -0.478 e. The largest absolute Gasteiger partial charge is 0.478 e. The highest BCUT2D eigenvalue weighted by Gasteiger charge is 2.13. The van der Waals surface area contributed by atoms with Gasteiger partial charge in [-0.3, -0.25) is 0 Å². The molecule has 0 unspecified atom stereocenters. The van der Waals surface area contributed by atoms with E-state index in [4.69, 9.17) is 5.11 Å². The average molecular weight is 353 g/mol. The fourth-order valence-corrected chi connectivity index (χ4v) is 1.99. The molecule has 0 saturated heterocycles.